The van der Waals surface area contributed by atoms with E-state index in [2.05, 4.69) is 10.0 Å². The highest BCUT2D eigenvalue weighted by atomic mass is 32.2. The van der Waals surface area contributed by atoms with Crippen LogP contribution in [0.15, 0.2) is 53.4 Å². The Bertz CT molecular complexity index is 1030. The van der Waals surface area contributed by atoms with E-state index in [9.17, 15) is 18.0 Å². The lowest BCUT2D eigenvalue weighted by molar-refractivity contribution is -0.130. The molecule has 1 aliphatic heterocycles. The standard InChI is InChI=1S/C22H27N3O6S/c1-25(2)21(26)15-31-18-9-7-17(8-10-18)24-22(27)16-5-11-20(12-6-16)32(28,29)23-14-19-4-3-13-30-19/h5-12,19,23H,3-4,13-15H2,1-2H3,(H,24,27). The monoisotopic (exact) mass is 461 g/mol. The van der Waals surface area contributed by atoms with E-state index in [0.717, 1.165) is 12.8 Å². The summed E-state index contributed by atoms with van der Waals surface area (Å²) < 4.78 is 38.2. The van der Waals surface area contributed by atoms with Gasteiger partial charge in [-0.3, -0.25) is 9.59 Å². The zero-order valence-electron chi connectivity index (χ0n) is 18.0. The molecule has 2 amide bonds. The van der Waals surface area contributed by atoms with E-state index in [-0.39, 0.29) is 36.0 Å². The van der Waals surface area contributed by atoms with Crippen molar-refractivity contribution in [1.29, 1.82) is 0 Å². The van der Waals surface area contributed by atoms with Crippen LogP contribution < -0.4 is 14.8 Å². The molecule has 1 aliphatic rings. The summed E-state index contributed by atoms with van der Waals surface area (Å²) in [4.78, 5) is 25.6. The molecule has 0 aliphatic carbocycles. The van der Waals surface area contributed by atoms with Crippen LogP contribution in [0.5, 0.6) is 5.75 Å². The van der Waals surface area contributed by atoms with Crippen LogP contribution in [0.2, 0.25) is 0 Å². The number of likely N-dealkylation sites (N-methyl/N-ethyl adjacent to an activating group) is 1. The van der Waals surface area contributed by atoms with Gasteiger partial charge in [0, 0.05) is 38.5 Å². The first-order valence-corrected chi connectivity index (χ1v) is 11.7. The average Bonchev–Trinajstić information content (AvgIpc) is 3.31. The van der Waals surface area contributed by atoms with Gasteiger partial charge in [0.2, 0.25) is 10.0 Å². The molecule has 1 unspecified atom stereocenters. The Labute approximate surface area is 187 Å². The fourth-order valence-electron chi connectivity index (χ4n) is 2.99. The van der Waals surface area contributed by atoms with Gasteiger partial charge < -0.3 is 19.7 Å². The molecule has 3 rings (SSSR count). The van der Waals surface area contributed by atoms with Crippen LogP contribution >= 0.6 is 0 Å². The summed E-state index contributed by atoms with van der Waals surface area (Å²) >= 11 is 0. The number of carbonyl (C=O) groups excluding carboxylic acids is 2. The van der Waals surface area contributed by atoms with Crippen LogP contribution in [0.1, 0.15) is 23.2 Å². The third kappa shape index (κ3) is 6.52. The zero-order valence-corrected chi connectivity index (χ0v) is 18.9. The number of ether oxygens (including phenoxy) is 2. The quantitative estimate of drug-likeness (QED) is 0.589. The van der Waals surface area contributed by atoms with Crippen molar-refractivity contribution >= 4 is 27.5 Å². The number of nitrogens with one attached hydrogen (secondary N) is 2. The van der Waals surface area contributed by atoms with Crippen molar-refractivity contribution in [3.8, 4) is 5.75 Å². The van der Waals surface area contributed by atoms with E-state index >= 15 is 0 Å². The molecule has 2 aromatic rings. The molecule has 0 bridgehead atoms. The number of amides is 2. The molecule has 10 heteroatoms. The van der Waals surface area contributed by atoms with Crippen LogP contribution in [0.25, 0.3) is 0 Å². The molecule has 1 saturated heterocycles. The van der Waals surface area contributed by atoms with E-state index in [0.29, 0.717) is 23.6 Å². The Balaban J connectivity index is 1.54. The van der Waals surface area contributed by atoms with Gasteiger partial charge in [0.1, 0.15) is 5.75 Å². The molecule has 9 nitrogen and oxygen atoms in total. The molecule has 1 heterocycles. The molecular weight excluding hydrogens is 434 g/mol. The number of anilines is 1. The maximum atomic E-state index is 12.5. The number of hydrogen-bond acceptors (Lipinski definition) is 6. The Morgan fingerprint density at radius 2 is 1.78 bits per heavy atom. The van der Waals surface area contributed by atoms with Crippen LogP contribution in [0, 0.1) is 0 Å². The van der Waals surface area contributed by atoms with Crippen LogP contribution in [-0.4, -0.2) is 65.1 Å². The van der Waals surface area contributed by atoms with Crippen molar-refractivity contribution in [2.24, 2.45) is 0 Å². The summed E-state index contributed by atoms with van der Waals surface area (Å²) in [5.74, 6) is -0.0316. The lowest BCUT2D eigenvalue weighted by Gasteiger charge is -2.12. The molecule has 172 valence electrons. The van der Waals surface area contributed by atoms with E-state index in [1.54, 1.807) is 38.4 Å². The zero-order chi connectivity index (χ0) is 23.1. The highest BCUT2D eigenvalue weighted by Gasteiger charge is 2.20. The predicted molar refractivity (Wildman–Crippen MR) is 119 cm³/mol. The molecule has 1 atom stereocenters. The largest absolute Gasteiger partial charge is 0.484 e. The Hall–Kier alpha value is -2.95. The van der Waals surface area contributed by atoms with E-state index < -0.39 is 10.0 Å². The van der Waals surface area contributed by atoms with Gasteiger partial charge in [-0.05, 0) is 61.4 Å². The number of hydrogen-bond donors (Lipinski definition) is 2. The third-order valence-corrected chi connectivity index (χ3v) is 6.36. The van der Waals surface area contributed by atoms with Gasteiger partial charge in [0.15, 0.2) is 6.61 Å². The minimum absolute atomic E-state index is 0.0729. The van der Waals surface area contributed by atoms with Crippen molar-refractivity contribution < 1.29 is 27.5 Å². The van der Waals surface area contributed by atoms with Gasteiger partial charge in [-0.25, -0.2) is 13.1 Å². The molecule has 0 aromatic heterocycles. The van der Waals surface area contributed by atoms with Crippen molar-refractivity contribution in [2.45, 2.75) is 23.8 Å². The van der Waals surface area contributed by atoms with E-state index in [1.165, 1.54) is 29.2 Å². The van der Waals surface area contributed by atoms with Gasteiger partial charge >= 0.3 is 0 Å². The molecule has 32 heavy (non-hydrogen) atoms. The van der Waals surface area contributed by atoms with E-state index in [1.807, 2.05) is 0 Å². The molecule has 1 fully saturated rings. The number of sulfonamides is 1. The maximum Gasteiger partial charge on any atom is 0.259 e. The molecule has 0 saturated carbocycles. The lowest BCUT2D eigenvalue weighted by atomic mass is 10.2. The highest BCUT2D eigenvalue weighted by Crippen LogP contribution is 2.18. The average molecular weight is 462 g/mol. The summed E-state index contributed by atoms with van der Waals surface area (Å²) in [5.41, 5.74) is 0.858. The number of carbonyl (C=O) groups is 2. The third-order valence-electron chi connectivity index (χ3n) is 4.93. The minimum Gasteiger partial charge on any atom is -0.484 e. The molecular formula is C22H27N3O6S. The number of benzene rings is 2. The normalized spacial score (nSPS) is 15.9. The molecule has 0 radical (unpaired) electrons. The van der Waals surface area contributed by atoms with Crippen molar-refractivity contribution in [3.05, 3.63) is 54.1 Å². The molecule has 0 spiro atoms. The van der Waals surface area contributed by atoms with Crippen LogP contribution in [0.4, 0.5) is 5.69 Å². The Kier molecular flexibility index (Phi) is 7.84. The van der Waals surface area contributed by atoms with Crippen molar-refractivity contribution in [1.82, 2.24) is 9.62 Å². The van der Waals surface area contributed by atoms with E-state index in [4.69, 9.17) is 9.47 Å². The summed E-state index contributed by atoms with van der Waals surface area (Å²) in [6.45, 7) is 0.812. The minimum atomic E-state index is -3.67. The lowest BCUT2D eigenvalue weighted by Crippen LogP contribution is -2.31. The topological polar surface area (TPSA) is 114 Å². The fraction of sp³-hybridized carbons (Fsp3) is 0.364. The smallest absolute Gasteiger partial charge is 0.259 e. The second-order valence-corrected chi connectivity index (χ2v) is 9.33. The highest BCUT2D eigenvalue weighted by molar-refractivity contribution is 7.89. The number of rotatable bonds is 9. The Morgan fingerprint density at radius 3 is 2.38 bits per heavy atom. The second-order valence-electron chi connectivity index (χ2n) is 7.57. The molecule has 2 aromatic carbocycles. The summed E-state index contributed by atoms with van der Waals surface area (Å²) in [5, 5.41) is 2.74. The van der Waals surface area contributed by atoms with Gasteiger partial charge in [-0.15, -0.1) is 0 Å². The summed E-state index contributed by atoms with van der Waals surface area (Å²) in [6, 6.07) is 12.3. The Morgan fingerprint density at radius 1 is 1.09 bits per heavy atom. The SMILES string of the molecule is CN(C)C(=O)COc1ccc(NC(=O)c2ccc(S(=O)(=O)NCC3CCCO3)cc2)cc1. The van der Waals surface area contributed by atoms with Gasteiger partial charge in [0.05, 0.1) is 11.0 Å². The summed E-state index contributed by atoms with van der Waals surface area (Å²) in [6.07, 6.45) is 1.67. The van der Waals surface area contributed by atoms with Crippen molar-refractivity contribution in [3.63, 3.8) is 0 Å². The van der Waals surface area contributed by atoms with Gasteiger partial charge in [-0.1, -0.05) is 0 Å². The fourth-order valence-corrected chi connectivity index (χ4v) is 4.06. The first-order valence-electron chi connectivity index (χ1n) is 10.2. The van der Waals surface area contributed by atoms with Crippen LogP contribution in [-0.2, 0) is 19.6 Å². The van der Waals surface area contributed by atoms with Crippen molar-refractivity contribution in [2.75, 3.05) is 39.2 Å². The van der Waals surface area contributed by atoms with Gasteiger partial charge in [-0.2, -0.15) is 0 Å². The molecule has 2 N–H and O–H groups in total. The number of nitrogens with zero attached hydrogens (tertiary/aromatic N) is 1. The van der Waals surface area contributed by atoms with Gasteiger partial charge in [0.25, 0.3) is 11.8 Å². The van der Waals surface area contributed by atoms with Crippen LogP contribution in [0.3, 0.4) is 0 Å². The first-order chi connectivity index (χ1) is 15.2. The second kappa shape index (κ2) is 10.6. The predicted octanol–water partition coefficient (Wildman–Crippen LogP) is 1.86. The summed E-state index contributed by atoms with van der Waals surface area (Å²) in [7, 11) is -0.379. The first kappa shape index (κ1) is 23.7. The maximum absolute atomic E-state index is 12.5.